The summed E-state index contributed by atoms with van der Waals surface area (Å²) in [5, 5.41) is 0. The maximum atomic E-state index is 12.4. The normalized spacial score (nSPS) is 27.7. The third-order valence-electron chi connectivity index (χ3n) is 5.23. The highest BCUT2D eigenvalue weighted by atomic mass is 16.2. The zero-order valence-electron chi connectivity index (χ0n) is 12.7. The fraction of sp³-hybridized carbons (Fsp3) is 0.350. The number of carbonyl (C=O) groups is 1. The first-order valence-corrected chi connectivity index (χ1v) is 8.24. The molecule has 2 saturated heterocycles. The predicted molar refractivity (Wildman–Crippen MR) is 87.5 cm³/mol. The Morgan fingerprint density at radius 1 is 0.818 bits per heavy atom. The first kappa shape index (κ1) is 13.6. The highest BCUT2D eigenvalue weighted by Gasteiger charge is 2.42. The van der Waals surface area contributed by atoms with Gasteiger partial charge in [0.15, 0.2) is 0 Å². The number of carbonyl (C=O) groups excluding carboxylic acids is 1. The van der Waals surface area contributed by atoms with Crippen molar-refractivity contribution in [2.75, 3.05) is 0 Å². The molecule has 112 valence electrons. The third kappa shape index (κ3) is 2.33. The SMILES string of the molecule is O=C1CCC2CC(c3ccccc3)CC(c3ccccc3)N12. The zero-order valence-corrected chi connectivity index (χ0v) is 12.7. The second-order valence-electron chi connectivity index (χ2n) is 6.50. The maximum absolute atomic E-state index is 12.4. The van der Waals surface area contributed by atoms with Gasteiger partial charge in [-0.05, 0) is 36.3 Å². The lowest BCUT2D eigenvalue weighted by Crippen LogP contribution is -2.42. The van der Waals surface area contributed by atoms with E-state index in [0.29, 0.717) is 17.9 Å². The van der Waals surface area contributed by atoms with Gasteiger partial charge in [-0.1, -0.05) is 60.7 Å². The molecule has 2 aliphatic rings. The van der Waals surface area contributed by atoms with Crippen LogP contribution in [0.15, 0.2) is 60.7 Å². The summed E-state index contributed by atoms with van der Waals surface area (Å²) in [6.45, 7) is 0. The van der Waals surface area contributed by atoms with E-state index in [4.69, 9.17) is 0 Å². The van der Waals surface area contributed by atoms with Crippen molar-refractivity contribution in [3.63, 3.8) is 0 Å². The van der Waals surface area contributed by atoms with Crippen molar-refractivity contribution in [2.24, 2.45) is 0 Å². The van der Waals surface area contributed by atoms with E-state index in [1.807, 2.05) is 6.07 Å². The molecule has 3 unspecified atom stereocenters. The second-order valence-corrected chi connectivity index (χ2v) is 6.50. The molecular weight excluding hydrogens is 270 g/mol. The summed E-state index contributed by atoms with van der Waals surface area (Å²) in [7, 11) is 0. The fourth-order valence-corrected chi connectivity index (χ4v) is 4.20. The van der Waals surface area contributed by atoms with Crippen molar-refractivity contribution < 1.29 is 4.79 Å². The zero-order chi connectivity index (χ0) is 14.9. The molecular formula is C20H21NO. The van der Waals surface area contributed by atoms with E-state index in [-0.39, 0.29) is 6.04 Å². The number of hydrogen-bond acceptors (Lipinski definition) is 1. The molecule has 0 bridgehead atoms. The lowest BCUT2D eigenvalue weighted by atomic mass is 9.80. The highest BCUT2D eigenvalue weighted by molar-refractivity contribution is 5.79. The lowest BCUT2D eigenvalue weighted by Gasteiger charge is -2.42. The summed E-state index contributed by atoms with van der Waals surface area (Å²) < 4.78 is 0. The van der Waals surface area contributed by atoms with Gasteiger partial charge in [-0.15, -0.1) is 0 Å². The van der Waals surface area contributed by atoms with Crippen LogP contribution in [-0.2, 0) is 4.79 Å². The van der Waals surface area contributed by atoms with E-state index < -0.39 is 0 Å². The van der Waals surface area contributed by atoms with Crippen molar-refractivity contribution in [3.8, 4) is 0 Å². The Hall–Kier alpha value is -2.09. The Morgan fingerprint density at radius 2 is 1.45 bits per heavy atom. The van der Waals surface area contributed by atoms with Crippen LogP contribution < -0.4 is 0 Å². The maximum Gasteiger partial charge on any atom is 0.223 e. The molecule has 2 heterocycles. The summed E-state index contributed by atoms with van der Waals surface area (Å²) >= 11 is 0. The summed E-state index contributed by atoms with van der Waals surface area (Å²) in [5.74, 6) is 0.893. The Morgan fingerprint density at radius 3 is 2.14 bits per heavy atom. The average Bonchev–Trinajstić information content (AvgIpc) is 2.97. The molecule has 3 atom stereocenters. The number of rotatable bonds is 2. The van der Waals surface area contributed by atoms with E-state index in [1.165, 1.54) is 11.1 Å². The summed E-state index contributed by atoms with van der Waals surface area (Å²) in [6.07, 6.45) is 3.89. The van der Waals surface area contributed by atoms with Gasteiger partial charge in [0.2, 0.25) is 5.91 Å². The minimum absolute atomic E-state index is 0.236. The minimum Gasteiger partial charge on any atom is -0.333 e. The lowest BCUT2D eigenvalue weighted by molar-refractivity contribution is -0.133. The molecule has 0 aliphatic carbocycles. The van der Waals surface area contributed by atoms with E-state index in [1.54, 1.807) is 0 Å². The fourth-order valence-electron chi connectivity index (χ4n) is 4.20. The molecule has 2 aromatic rings. The third-order valence-corrected chi connectivity index (χ3v) is 5.23. The van der Waals surface area contributed by atoms with Crippen LogP contribution in [0.3, 0.4) is 0 Å². The quantitative estimate of drug-likeness (QED) is 0.808. The van der Waals surface area contributed by atoms with Gasteiger partial charge < -0.3 is 4.90 Å². The van der Waals surface area contributed by atoms with Crippen molar-refractivity contribution in [3.05, 3.63) is 71.8 Å². The van der Waals surface area contributed by atoms with E-state index >= 15 is 0 Å². The molecule has 2 aromatic carbocycles. The molecule has 2 nitrogen and oxygen atoms in total. The number of nitrogens with zero attached hydrogens (tertiary/aromatic N) is 1. The van der Waals surface area contributed by atoms with Crippen molar-refractivity contribution in [1.29, 1.82) is 0 Å². The Bertz CT molecular complexity index is 652. The number of piperidine rings is 1. The van der Waals surface area contributed by atoms with Crippen LogP contribution >= 0.6 is 0 Å². The average molecular weight is 291 g/mol. The Kier molecular flexibility index (Phi) is 3.45. The molecule has 0 spiro atoms. The summed E-state index contributed by atoms with van der Waals surface area (Å²) in [4.78, 5) is 14.5. The van der Waals surface area contributed by atoms with Gasteiger partial charge in [0.05, 0.1) is 6.04 Å². The van der Waals surface area contributed by atoms with Gasteiger partial charge in [-0.3, -0.25) is 4.79 Å². The molecule has 2 heteroatoms. The van der Waals surface area contributed by atoms with Crippen LogP contribution in [0.1, 0.15) is 48.8 Å². The van der Waals surface area contributed by atoms with Gasteiger partial charge in [-0.25, -0.2) is 0 Å². The van der Waals surface area contributed by atoms with Crippen LogP contribution in [0.5, 0.6) is 0 Å². The first-order valence-electron chi connectivity index (χ1n) is 8.24. The van der Waals surface area contributed by atoms with Crippen molar-refractivity contribution in [1.82, 2.24) is 4.90 Å². The number of benzene rings is 2. The first-order chi connectivity index (χ1) is 10.8. The number of amides is 1. The van der Waals surface area contributed by atoms with E-state index in [9.17, 15) is 4.79 Å². The van der Waals surface area contributed by atoms with E-state index in [2.05, 4.69) is 59.5 Å². The van der Waals surface area contributed by atoms with Crippen LogP contribution in [-0.4, -0.2) is 16.8 Å². The minimum atomic E-state index is 0.236. The van der Waals surface area contributed by atoms with Crippen molar-refractivity contribution >= 4 is 5.91 Å². The van der Waals surface area contributed by atoms with Crippen LogP contribution in [0.2, 0.25) is 0 Å². The Labute approximate surface area is 131 Å². The van der Waals surface area contributed by atoms with Crippen LogP contribution in [0.4, 0.5) is 0 Å². The number of hydrogen-bond donors (Lipinski definition) is 0. The van der Waals surface area contributed by atoms with Gasteiger partial charge in [-0.2, -0.15) is 0 Å². The smallest absolute Gasteiger partial charge is 0.223 e. The topological polar surface area (TPSA) is 20.3 Å². The molecule has 0 N–H and O–H groups in total. The molecule has 22 heavy (non-hydrogen) atoms. The van der Waals surface area contributed by atoms with Gasteiger partial charge in [0.25, 0.3) is 0 Å². The largest absolute Gasteiger partial charge is 0.333 e. The summed E-state index contributed by atoms with van der Waals surface area (Å²) in [5.41, 5.74) is 2.70. The molecule has 0 saturated carbocycles. The van der Waals surface area contributed by atoms with Gasteiger partial charge in [0.1, 0.15) is 0 Å². The molecule has 1 amide bonds. The van der Waals surface area contributed by atoms with Gasteiger partial charge in [0, 0.05) is 12.5 Å². The molecule has 4 rings (SSSR count). The second kappa shape index (κ2) is 5.60. The highest BCUT2D eigenvalue weighted by Crippen LogP contribution is 2.46. The van der Waals surface area contributed by atoms with Crippen LogP contribution in [0, 0.1) is 0 Å². The Balaban J connectivity index is 1.69. The van der Waals surface area contributed by atoms with Gasteiger partial charge >= 0.3 is 0 Å². The molecule has 2 fully saturated rings. The number of fused-ring (bicyclic) bond motifs is 1. The standard InChI is InChI=1S/C20H21NO/c22-20-12-11-18-13-17(15-7-3-1-4-8-15)14-19(21(18)20)16-9-5-2-6-10-16/h1-10,17-19H,11-14H2. The predicted octanol–water partition coefficient (Wildman–Crippen LogP) is 4.30. The van der Waals surface area contributed by atoms with Crippen LogP contribution in [0.25, 0.3) is 0 Å². The van der Waals surface area contributed by atoms with E-state index in [0.717, 1.165) is 25.7 Å². The molecule has 2 aliphatic heterocycles. The monoisotopic (exact) mass is 291 g/mol. The molecule has 0 aromatic heterocycles. The molecule has 0 radical (unpaired) electrons. The summed E-state index contributed by atoms with van der Waals surface area (Å²) in [6, 6.07) is 22.0. The van der Waals surface area contributed by atoms with Crippen molar-refractivity contribution in [2.45, 2.75) is 43.7 Å².